The molecule has 1 amide bonds. The van der Waals surface area contributed by atoms with Crippen molar-refractivity contribution in [1.82, 2.24) is 0 Å². The zero-order valence-electron chi connectivity index (χ0n) is 14.8. The van der Waals surface area contributed by atoms with Gasteiger partial charge < -0.3 is 5.32 Å². The summed E-state index contributed by atoms with van der Waals surface area (Å²) in [5, 5.41) is 2.82. The Kier molecular flexibility index (Phi) is 6.41. The predicted octanol–water partition coefficient (Wildman–Crippen LogP) is 6.11. The maximum absolute atomic E-state index is 13.1. The Balaban J connectivity index is 1.87. The van der Waals surface area contributed by atoms with Gasteiger partial charge >= 0.3 is 6.18 Å². The number of alkyl halides is 3. The number of hydrogen-bond acceptors (Lipinski definition) is 2. The van der Waals surface area contributed by atoms with E-state index in [0.717, 1.165) is 11.1 Å². The number of rotatable bonds is 6. The van der Waals surface area contributed by atoms with Crippen LogP contribution in [0.4, 0.5) is 18.9 Å². The van der Waals surface area contributed by atoms with Gasteiger partial charge in [0.05, 0.1) is 17.4 Å². The third-order valence-corrected chi connectivity index (χ3v) is 5.20. The van der Waals surface area contributed by atoms with Gasteiger partial charge in [0.2, 0.25) is 5.91 Å². The number of thioether (sulfide) groups is 1. The summed E-state index contributed by atoms with van der Waals surface area (Å²) < 4.78 is 37.8. The SMILES string of the molecule is O=C(Nc1ccccc1SCC(F)(F)F)C(c1ccccc1)c1ccccc1. The van der Waals surface area contributed by atoms with Crippen LogP contribution in [-0.4, -0.2) is 17.8 Å². The van der Waals surface area contributed by atoms with E-state index in [-0.39, 0.29) is 5.91 Å². The van der Waals surface area contributed by atoms with E-state index < -0.39 is 17.8 Å². The van der Waals surface area contributed by atoms with E-state index in [0.29, 0.717) is 22.3 Å². The lowest BCUT2D eigenvalue weighted by molar-refractivity contribution is -0.116. The largest absolute Gasteiger partial charge is 0.398 e. The number of carbonyl (C=O) groups excluding carboxylic acids is 1. The monoisotopic (exact) mass is 401 g/mol. The molecule has 0 saturated heterocycles. The quantitative estimate of drug-likeness (QED) is 0.505. The molecule has 0 aliphatic rings. The highest BCUT2D eigenvalue weighted by molar-refractivity contribution is 7.99. The van der Waals surface area contributed by atoms with Gasteiger partial charge in [0, 0.05) is 4.90 Å². The van der Waals surface area contributed by atoms with Crippen LogP contribution in [0.2, 0.25) is 0 Å². The van der Waals surface area contributed by atoms with Crippen molar-refractivity contribution in [1.29, 1.82) is 0 Å². The molecule has 2 nitrogen and oxygen atoms in total. The molecule has 0 heterocycles. The summed E-state index contributed by atoms with van der Waals surface area (Å²) in [6.45, 7) is 0. The first kappa shape index (κ1) is 20.0. The van der Waals surface area contributed by atoms with Crippen molar-refractivity contribution in [3.8, 4) is 0 Å². The van der Waals surface area contributed by atoms with E-state index in [9.17, 15) is 18.0 Å². The van der Waals surface area contributed by atoms with Gasteiger partial charge in [-0.2, -0.15) is 13.2 Å². The summed E-state index contributed by atoms with van der Waals surface area (Å²) >= 11 is 0.660. The Morgan fingerprint density at radius 2 is 1.32 bits per heavy atom. The van der Waals surface area contributed by atoms with Gasteiger partial charge in [-0.05, 0) is 23.3 Å². The number of hydrogen-bond donors (Lipinski definition) is 1. The minimum atomic E-state index is -4.28. The number of para-hydroxylation sites is 1. The fourth-order valence-electron chi connectivity index (χ4n) is 2.85. The highest BCUT2D eigenvalue weighted by Gasteiger charge is 2.28. The molecule has 0 unspecified atom stereocenters. The third kappa shape index (κ3) is 5.39. The molecular formula is C22H18F3NOS. The topological polar surface area (TPSA) is 29.1 Å². The van der Waals surface area contributed by atoms with Crippen molar-refractivity contribution < 1.29 is 18.0 Å². The summed E-state index contributed by atoms with van der Waals surface area (Å²) in [6.07, 6.45) is -4.28. The fourth-order valence-corrected chi connectivity index (χ4v) is 3.61. The number of amides is 1. The number of anilines is 1. The lowest BCUT2D eigenvalue weighted by Crippen LogP contribution is -2.22. The number of nitrogens with one attached hydrogen (secondary N) is 1. The van der Waals surface area contributed by atoms with Crippen LogP contribution in [0.25, 0.3) is 0 Å². The van der Waals surface area contributed by atoms with Crippen molar-refractivity contribution in [3.05, 3.63) is 96.1 Å². The molecule has 6 heteroatoms. The van der Waals surface area contributed by atoms with Crippen molar-refractivity contribution in [3.63, 3.8) is 0 Å². The van der Waals surface area contributed by atoms with E-state index in [4.69, 9.17) is 0 Å². The van der Waals surface area contributed by atoms with Gasteiger partial charge in [-0.3, -0.25) is 4.79 Å². The Morgan fingerprint density at radius 1 is 0.821 bits per heavy atom. The first-order valence-corrected chi connectivity index (χ1v) is 9.62. The number of carbonyl (C=O) groups is 1. The van der Waals surface area contributed by atoms with E-state index in [2.05, 4.69) is 5.32 Å². The molecule has 0 aliphatic carbocycles. The van der Waals surface area contributed by atoms with Crippen molar-refractivity contribution in [2.24, 2.45) is 0 Å². The van der Waals surface area contributed by atoms with Crippen LogP contribution in [0.1, 0.15) is 17.0 Å². The van der Waals surface area contributed by atoms with Gasteiger partial charge in [0.15, 0.2) is 0 Å². The van der Waals surface area contributed by atoms with Crippen LogP contribution in [0.15, 0.2) is 89.8 Å². The Morgan fingerprint density at radius 3 is 1.86 bits per heavy atom. The molecule has 3 aromatic carbocycles. The molecule has 3 aromatic rings. The standard InChI is InChI=1S/C22H18F3NOS/c23-22(24,25)15-28-19-14-8-7-13-18(19)26-21(27)20(16-9-3-1-4-10-16)17-11-5-2-6-12-17/h1-14,20H,15H2,(H,26,27). The van der Waals surface area contributed by atoms with Crippen molar-refractivity contribution in [2.75, 3.05) is 11.1 Å². The third-order valence-electron chi connectivity index (χ3n) is 4.06. The molecule has 3 rings (SSSR count). The van der Waals surface area contributed by atoms with Gasteiger partial charge in [-0.15, -0.1) is 11.8 Å². The second-order valence-electron chi connectivity index (χ2n) is 6.14. The zero-order valence-corrected chi connectivity index (χ0v) is 15.6. The van der Waals surface area contributed by atoms with Crippen LogP contribution in [0.3, 0.4) is 0 Å². The molecule has 0 atom stereocenters. The summed E-state index contributed by atoms with van der Waals surface area (Å²) in [4.78, 5) is 13.5. The summed E-state index contributed by atoms with van der Waals surface area (Å²) in [6, 6.07) is 25.1. The normalized spacial score (nSPS) is 11.4. The van der Waals surface area contributed by atoms with Gasteiger partial charge in [0.25, 0.3) is 0 Å². The average molecular weight is 401 g/mol. The van der Waals surface area contributed by atoms with Crippen molar-refractivity contribution >= 4 is 23.4 Å². The minimum absolute atomic E-state index is 0.294. The fraction of sp³-hybridized carbons (Fsp3) is 0.136. The van der Waals surface area contributed by atoms with Crippen LogP contribution < -0.4 is 5.32 Å². The molecule has 0 aromatic heterocycles. The van der Waals surface area contributed by atoms with Crippen LogP contribution >= 0.6 is 11.8 Å². The molecule has 0 radical (unpaired) electrons. The average Bonchev–Trinajstić information content (AvgIpc) is 2.68. The number of halogens is 3. The first-order chi connectivity index (χ1) is 13.4. The highest BCUT2D eigenvalue weighted by Crippen LogP contribution is 2.33. The highest BCUT2D eigenvalue weighted by atomic mass is 32.2. The maximum Gasteiger partial charge on any atom is 0.398 e. The van der Waals surface area contributed by atoms with E-state index in [1.807, 2.05) is 60.7 Å². The molecule has 28 heavy (non-hydrogen) atoms. The zero-order chi connectivity index (χ0) is 20.0. The van der Waals surface area contributed by atoms with Crippen molar-refractivity contribution in [2.45, 2.75) is 17.0 Å². The summed E-state index contributed by atoms with van der Waals surface area (Å²) in [7, 11) is 0. The lowest BCUT2D eigenvalue weighted by Gasteiger charge is -2.19. The van der Waals surface area contributed by atoms with Crippen LogP contribution in [0, 0.1) is 0 Å². The smallest absolute Gasteiger partial charge is 0.324 e. The predicted molar refractivity (Wildman–Crippen MR) is 107 cm³/mol. The van der Waals surface area contributed by atoms with Gasteiger partial charge in [-0.25, -0.2) is 0 Å². The molecule has 0 aliphatic heterocycles. The van der Waals surface area contributed by atoms with E-state index >= 15 is 0 Å². The second kappa shape index (κ2) is 8.97. The van der Waals surface area contributed by atoms with Crippen LogP contribution in [-0.2, 0) is 4.79 Å². The van der Waals surface area contributed by atoms with Gasteiger partial charge in [0.1, 0.15) is 0 Å². The van der Waals surface area contributed by atoms with Crippen LogP contribution in [0.5, 0.6) is 0 Å². The first-order valence-electron chi connectivity index (χ1n) is 8.63. The summed E-state index contributed by atoms with van der Waals surface area (Å²) in [5.74, 6) is -1.87. The molecule has 0 spiro atoms. The van der Waals surface area contributed by atoms with E-state index in [1.54, 1.807) is 24.3 Å². The second-order valence-corrected chi connectivity index (χ2v) is 7.16. The van der Waals surface area contributed by atoms with Gasteiger partial charge in [-0.1, -0.05) is 72.8 Å². The minimum Gasteiger partial charge on any atom is -0.324 e. The maximum atomic E-state index is 13.1. The molecule has 144 valence electrons. The lowest BCUT2D eigenvalue weighted by atomic mass is 9.90. The Labute approximate surface area is 165 Å². The molecule has 1 N–H and O–H groups in total. The molecular weight excluding hydrogens is 383 g/mol. The Hall–Kier alpha value is -2.73. The molecule has 0 bridgehead atoms. The van der Waals surface area contributed by atoms with E-state index in [1.165, 1.54) is 0 Å². The molecule has 0 saturated carbocycles. The summed E-state index contributed by atoms with van der Waals surface area (Å²) in [5.41, 5.74) is 2.00. The molecule has 0 fully saturated rings. The number of benzene rings is 3. The Bertz CT molecular complexity index is 874.